The lowest BCUT2D eigenvalue weighted by Crippen LogP contribution is -2.51. The number of nitrogens with one attached hydrogen (secondary N) is 1. The van der Waals surface area contributed by atoms with Crippen molar-refractivity contribution in [2.75, 3.05) is 6.54 Å². The minimum Gasteiger partial charge on any atom is -0.354 e. The predicted molar refractivity (Wildman–Crippen MR) is 93.6 cm³/mol. The zero-order chi connectivity index (χ0) is 15.6. The summed E-state index contributed by atoms with van der Waals surface area (Å²) in [5, 5.41) is 7.44. The number of aryl methyl sites for hydroxylation is 2. The van der Waals surface area contributed by atoms with Gasteiger partial charge in [-0.05, 0) is 31.2 Å². The average Bonchev–Trinajstić information content (AvgIpc) is 2.75. The van der Waals surface area contributed by atoms with Gasteiger partial charge in [0, 0.05) is 37.2 Å². The van der Waals surface area contributed by atoms with E-state index in [-0.39, 0.29) is 29.8 Å². The van der Waals surface area contributed by atoms with Gasteiger partial charge >= 0.3 is 0 Å². The normalized spacial score (nSPS) is 23.3. The number of amides is 1. The van der Waals surface area contributed by atoms with Crippen molar-refractivity contribution in [2.24, 2.45) is 18.7 Å². The zero-order valence-corrected chi connectivity index (χ0v) is 14.8. The molecular formula is C17H29ClN4O. The number of fused-ring (bicyclic) bond motifs is 1. The Hall–Kier alpha value is -1.07. The average molecular weight is 341 g/mol. The number of halogens is 1. The van der Waals surface area contributed by atoms with Crippen LogP contribution in [0.1, 0.15) is 56.2 Å². The predicted octanol–water partition coefficient (Wildman–Crippen LogP) is 2.11. The molecule has 0 unspecified atom stereocenters. The lowest BCUT2D eigenvalue weighted by atomic mass is 9.86. The molecule has 2 aliphatic carbocycles. The Labute approximate surface area is 144 Å². The Balaban J connectivity index is 0.00000192. The first-order valence-electron chi connectivity index (χ1n) is 8.64. The Kier molecular flexibility index (Phi) is 6.09. The molecule has 1 amide bonds. The molecule has 1 atom stereocenters. The number of nitrogens with zero attached hydrogens (tertiary/aromatic N) is 2. The van der Waals surface area contributed by atoms with Gasteiger partial charge in [-0.25, -0.2) is 0 Å². The van der Waals surface area contributed by atoms with Gasteiger partial charge in [0.2, 0.25) is 5.91 Å². The lowest BCUT2D eigenvalue weighted by molar-refractivity contribution is -0.125. The first-order valence-corrected chi connectivity index (χ1v) is 8.64. The van der Waals surface area contributed by atoms with Crippen molar-refractivity contribution in [3.63, 3.8) is 0 Å². The van der Waals surface area contributed by atoms with Crippen LogP contribution < -0.4 is 11.1 Å². The molecule has 23 heavy (non-hydrogen) atoms. The third kappa shape index (κ3) is 4.27. The highest BCUT2D eigenvalue weighted by Crippen LogP contribution is 2.26. The highest BCUT2D eigenvalue weighted by Gasteiger charge is 2.30. The summed E-state index contributed by atoms with van der Waals surface area (Å²) in [5.41, 5.74) is 8.80. The van der Waals surface area contributed by atoms with Gasteiger partial charge in [-0.2, -0.15) is 5.10 Å². The van der Waals surface area contributed by atoms with Crippen LogP contribution in [0.25, 0.3) is 0 Å². The number of rotatable bonds is 3. The fraction of sp³-hybridized carbons (Fsp3) is 0.765. The molecule has 3 rings (SSSR count). The Morgan fingerprint density at radius 1 is 1.39 bits per heavy atom. The summed E-state index contributed by atoms with van der Waals surface area (Å²) in [6.07, 6.45) is 11.6. The summed E-state index contributed by atoms with van der Waals surface area (Å²) in [6, 6.07) is 0. The molecule has 2 aliphatic rings. The number of nitrogens with two attached hydrogens (primary N) is 1. The van der Waals surface area contributed by atoms with Crippen LogP contribution in [0.5, 0.6) is 0 Å². The van der Waals surface area contributed by atoms with Crippen molar-refractivity contribution in [2.45, 2.75) is 63.3 Å². The van der Waals surface area contributed by atoms with Crippen LogP contribution >= 0.6 is 12.4 Å². The van der Waals surface area contributed by atoms with E-state index in [2.05, 4.69) is 10.4 Å². The molecule has 1 aromatic rings. The summed E-state index contributed by atoms with van der Waals surface area (Å²) in [6.45, 7) is 0.626. The maximum absolute atomic E-state index is 12.5. The maximum Gasteiger partial charge on any atom is 0.223 e. The van der Waals surface area contributed by atoms with Crippen molar-refractivity contribution in [1.82, 2.24) is 15.1 Å². The van der Waals surface area contributed by atoms with Crippen LogP contribution in [0.4, 0.5) is 0 Å². The summed E-state index contributed by atoms with van der Waals surface area (Å²) < 4.78 is 1.91. The van der Waals surface area contributed by atoms with Gasteiger partial charge in [-0.1, -0.05) is 25.7 Å². The zero-order valence-electron chi connectivity index (χ0n) is 14.0. The lowest BCUT2D eigenvalue weighted by Gasteiger charge is -2.30. The van der Waals surface area contributed by atoms with Crippen LogP contribution in [0.2, 0.25) is 0 Å². The van der Waals surface area contributed by atoms with Crippen LogP contribution in [-0.2, 0) is 24.7 Å². The van der Waals surface area contributed by atoms with Crippen molar-refractivity contribution < 1.29 is 4.79 Å². The van der Waals surface area contributed by atoms with Gasteiger partial charge in [0.15, 0.2) is 0 Å². The van der Waals surface area contributed by atoms with Gasteiger partial charge in [-0.3, -0.25) is 9.48 Å². The molecule has 3 N–H and O–H groups in total. The van der Waals surface area contributed by atoms with E-state index in [1.807, 2.05) is 17.9 Å². The van der Waals surface area contributed by atoms with Crippen LogP contribution in [-0.4, -0.2) is 27.8 Å². The molecule has 5 nitrogen and oxygen atoms in total. The van der Waals surface area contributed by atoms with Crippen molar-refractivity contribution >= 4 is 18.3 Å². The first-order chi connectivity index (χ1) is 10.6. The highest BCUT2D eigenvalue weighted by molar-refractivity contribution is 5.85. The molecule has 6 heteroatoms. The second-order valence-electron chi connectivity index (χ2n) is 7.17. The molecule has 1 aromatic heterocycles. The van der Waals surface area contributed by atoms with Gasteiger partial charge in [0.05, 0.1) is 6.20 Å². The minimum atomic E-state index is -0.196. The van der Waals surface area contributed by atoms with Crippen LogP contribution in [0.3, 0.4) is 0 Å². The van der Waals surface area contributed by atoms with E-state index in [1.165, 1.54) is 36.9 Å². The largest absolute Gasteiger partial charge is 0.354 e. The number of hydrogen-bond acceptors (Lipinski definition) is 3. The van der Waals surface area contributed by atoms with Crippen LogP contribution in [0, 0.1) is 5.92 Å². The second-order valence-corrected chi connectivity index (χ2v) is 7.17. The smallest absolute Gasteiger partial charge is 0.223 e. The van der Waals surface area contributed by atoms with E-state index < -0.39 is 0 Å². The molecule has 0 spiro atoms. The SMILES string of the molecule is Cl.Cn1ncc2c1C[C@@H](C(=O)NCC1(N)CCCCCC1)CC2. The third-order valence-corrected chi connectivity index (χ3v) is 5.43. The molecular weight excluding hydrogens is 312 g/mol. The fourth-order valence-electron chi connectivity index (χ4n) is 3.89. The Morgan fingerprint density at radius 3 is 2.78 bits per heavy atom. The number of carbonyl (C=O) groups excluding carboxylic acids is 1. The molecule has 0 saturated heterocycles. The quantitative estimate of drug-likeness (QED) is 0.828. The molecule has 130 valence electrons. The fourth-order valence-corrected chi connectivity index (χ4v) is 3.89. The maximum atomic E-state index is 12.5. The van der Waals surface area contributed by atoms with Gasteiger partial charge < -0.3 is 11.1 Å². The van der Waals surface area contributed by atoms with Gasteiger partial charge in [0.25, 0.3) is 0 Å². The number of carbonyl (C=O) groups is 1. The number of aromatic nitrogens is 2. The van der Waals surface area contributed by atoms with E-state index in [0.717, 1.165) is 32.1 Å². The van der Waals surface area contributed by atoms with Gasteiger partial charge in [0.1, 0.15) is 0 Å². The third-order valence-electron chi connectivity index (χ3n) is 5.43. The van der Waals surface area contributed by atoms with E-state index in [1.54, 1.807) is 0 Å². The minimum absolute atomic E-state index is 0. The molecule has 1 fully saturated rings. The summed E-state index contributed by atoms with van der Waals surface area (Å²) in [7, 11) is 1.96. The number of hydrogen-bond donors (Lipinski definition) is 2. The van der Waals surface area contributed by atoms with E-state index in [4.69, 9.17) is 5.73 Å². The first kappa shape index (κ1) is 18.3. The monoisotopic (exact) mass is 340 g/mol. The van der Waals surface area contributed by atoms with Crippen molar-refractivity contribution in [1.29, 1.82) is 0 Å². The van der Waals surface area contributed by atoms with E-state index in [9.17, 15) is 4.79 Å². The van der Waals surface area contributed by atoms with E-state index in [0.29, 0.717) is 6.54 Å². The molecule has 0 radical (unpaired) electrons. The van der Waals surface area contributed by atoms with E-state index >= 15 is 0 Å². The highest BCUT2D eigenvalue weighted by atomic mass is 35.5. The molecule has 0 bridgehead atoms. The second kappa shape index (κ2) is 7.67. The molecule has 0 aliphatic heterocycles. The molecule has 0 aromatic carbocycles. The Bertz CT molecular complexity index is 535. The standard InChI is InChI=1S/C17H28N4O.ClH/c1-21-15-10-13(6-7-14(15)11-20-21)16(22)19-12-17(18)8-4-2-3-5-9-17;/h11,13H,2-10,12,18H2,1H3,(H,19,22);1H/t13-;/m0./s1. The van der Waals surface area contributed by atoms with Crippen molar-refractivity contribution in [3.05, 3.63) is 17.5 Å². The molecule has 1 saturated carbocycles. The Morgan fingerprint density at radius 2 is 2.09 bits per heavy atom. The topological polar surface area (TPSA) is 72.9 Å². The summed E-state index contributed by atoms with van der Waals surface area (Å²) in [5.74, 6) is 0.234. The van der Waals surface area contributed by atoms with Crippen molar-refractivity contribution in [3.8, 4) is 0 Å². The summed E-state index contributed by atoms with van der Waals surface area (Å²) in [4.78, 5) is 12.5. The van der Waals surface area contributed by atoms with Gasteiger partial charge in [-0.15, -0.1) is 12.4 Å². The van der Waals surface area contributed by atoms with Crippen LogP contribution in [0.15, 0.2) is 6.20 Å². The molecule has 1 heterocycles. The summed E-state index contributed by atoms with van der Waals surface area (Å²) >= 11 is 0.